The molecular weight excluding hydrogens is 214 g/mol. The molecule has 0 amide bonds. The first-order valence-electron chi connectivity index (χ1n) is 6.61. The third-order valence-electron chi connectivity index (χ3n) is 3.77. The highest BCUT2D eigenvalue weighted by atomic mass is 32.1. The fourth-order valence-electron chi connectivity index (χ4n) is 2.83. The third-order valence-corrected chi connectivity index (χ3v) is 5.08. The first-order chi connectivity index (χ1) is 7.85. The maximum atomic E-state index is 3.54. The molecule has 0 aromatic carbocycles. The van der Waals surface area contributed by atoms with Crippen LogP contribution in [0.3, 0.4) is 0 Å². The summed E-state index contributed by atoms with van der Waals surface area (Å²) in [5.41, 5.74) is 0. The van der Waals surface area contributed by atoms with Gasteiger partial charge in [0.1, 0.15) is 0 Å². The Morgan fingerprint density at radius 1 is 1.31 bits per heavy atom. The summed E-state index contributed by atoms with van der Waals surface area (Å²) in [6.45, 7) is 2.24. The lowest BCUT2D eigenvalue weighted by Crippen LogP contribution is -2.26. The van der Waals surface area contributed by atoms with Crippen LogP contribution in [0, 0.1) is 5.92 Å². The molecule has 0 spiro atoms. The van der Waals surface area contributed by atoms with Crippen molar-refractivity contribution in [2.24, 2.45) is 5.92 Å². The van der Waals surface area contributed by atoms with Crippen molar-refractivity contribution in [3.63, 3.8) is 0 Å². The Morgan fingerprint density at radius 3 is 2.62 bits per heavy atom. The molecule has 1 unspecified atom stereocenters. The van der Waals surface area contributed by atoms with Crippen LogP contribution < -0.4 is 5.32 Å². The maximum Gasteiger partial charge on any atom is 0.0441 e. The summed E-state index contributed by atoms with van der Waals surface area (Å²) in [6.07, 6.45) is 8.28. The number of hydrogen-bond donors (Lipinski definition) is 1. The predicted molar refractivity (Wildman–Crippen MR) is 72.1 cm³/mol. The van der Waals surface area contributed by atoms with Gasteiger partial charge in [0.2, 0.25) is 0 Å². The topological polar surface area (TPSA) is 12.0 Å². The highest BCUT2D eigenvalue weighted by Crippen LogP contribution is 2.36. The third kappa shape index (κ3) is 2.67. The van der Waals surface area contributed by atoms with Gasteiger partial charge in [-0.15, -0.1) is 11.3 Å². The summed E-state index contributed by atoms with van der Waals surface area (Å²) in [6, 6.07) is 5.23. The molecule has 1 N–H and O–H groups in total. The average Bonchev–Trinajstić information content (AvgIpc) is 2.80. The van der Waals surface area contributed by atoms with Crippen molar-refractivity contribution in [1.82, 2.24) is 5.32 Å². The Bertz CT molecular complexity index is 312. The van der Waals surface area contributed by atoms with Crippen LogP contribution in [-0.2, 0) is 6.42 Å². The summed E-state index contributed by atoms with van der Waals surface area (Å²) >= 11 is 2.00. The second kappa shape index (κ2) is 5.83. The molecule has 1 saturated carbocycles. The second-order valence-electron chi connectivity index (χ2n) is 4.82. The normalized spacial score (nSPS) is 19.9. The number of nitrogens with one attached hydrogen (secondary N) is 1. The van der Waals surface area contributed by atoms with Gasteiger partial charge in [-0.25, -0.2) is 0 Å². The predicted octanol–water partition coefficient (Wildman–Crippen LogP) is 4.15. The highest BCUT2D eigenvalue weighted by Gasteiger charge is 2.24. The minimum atomic E-state index is 0.602. The van der Waals surface area contributed by atoms with E-state index in [0.29, 0.717) is 6.04 Å². The van der Waals surface area contributed by atoms with Gasteiger partial charge in [-0.2, -0.15) is 0 Å². The molecule has 0 saturated heterocycles. The molecule has 1 aromatic rings. The minimum absolute atomic E-state index is 0.602. The van der Waals surface area contributed by atoms with Crippen molar-refractivity contribution in [2.75, 3.05) is 7.05 Å². The van der Waals surface area contributed by atoms with Crippen LogP contribution in [0.5, 0.6) is 0 Å². The Morgan fingerprint density at radius 2 is 2.06 bits per heavy atom. The second-order valence-corrected chi connectivity index (χ2v) is 6.02. The number of thiophene rings is 1. The van der Waals surface area contributed by atoms with Gasteiger partial charge in [-0.05, 0) is 44.4 Å². The SMILES string of the molecule is CCc1ccc(C(NC)C2CCCCC2)s1. The lowest BCUT2D eigenvalue weighted by Gasteiger charge is -2.29. The first kappa shape index (κ1) is 12.1. The monoisotopic (exact) mass is 237 g/mol. The van der Waals surface area contributed by atoms with Crippen LogP contribution in [0.4, 0.5) is 0 Å². The summed E-state index contributed by atoms with van der Waals surface area (Å²) in [7, 11) is 2.12. The molecule has 1 nitrogen and oxygen atoms in total. The van der Waals surface area contributed by atoms with Crippen molar-refractivity contribution in [3.05, 3.63) is 21.9 Å². The zero-order valence-electron chi connectivity index (χ0n) is 10.5. The standard InChI is InChI=1S/C14H23NS/c1-3-12-9-10-13(16-12)14(15-2)11-7-5-4-6-8-11/h9-11,14-15H,3-8H2,1-2H3. The molecule has 90 valence electrons. The molecule has 2 heteroatoms. The summed E-state index contributed by atoms with van der Waals surface area (Å²) in [5, 5.41) is 3.54. The van der Waals surface area contributed by atoms with E-state index in [1.165, 1.54) is 43.4 Å². The van der Waals surface area contributed by atoms with E-state index in [4.69, 9.17) is 0 Å². The average molecular weight is 237 g/mol. The van der Waals surface area contributed by atoms with Crippen LogP contribution >= 0.6 is 11.3 Å². The fourth-order valence-corrected chi connectivity index (χ4v) is 3.99. The van der Waals surface area contributed by atoms with Gasteiger partial charge in [0.15, 0.2) is 0 Å². The molecule has 0 radical (unpaired) electrons. The molecule has 1 fully saturated rings. The van der Waals surface area contributed by atoms with Crippen molar-refractivity contribution in [1.29, 1.82) is 0 Å². The number of aryl methyl sites for hydroxylation is 1. The van der Waals surface area contributed by atoms with Crippen molar-refractivity contribution < 1.29 is 0 Å². The lowest BCUT2D eigenvalue weighted by atomic mass is 9.83. The Labute approximate surface area is 103 Å². The van der Waals surface area contributed by atoms with E-state index in [0.717, 1.165) is 5.92 Å². The zero-order chi connectivity index (χ0) is 11.4. The number of rotatable bonds is 4. The Hall–Kier alpha value is -0.340. The van der Waals surface area contributed by atoms with Gasteiger partial charge >= 0.3 is 0 Å². The molecule has 1 aliphatic rings. The van der Waals surface area contributed by atoms with Gasteiger partial charge in [-0.1, -0.05) is 26.2 Å². The Balaban J connectivity index is 2.08. The maximum absolute atomic E-state index is 3.54. The molecule has 1 aliphatic carbocycles. The Kier molecular flexibility index (Phi) is 4.42. The van der Waals surface area contributed by atoms with E-state index in [9.17, 15) is 0 Å². The molecule has 0 bridgehead atoms. The van der Waals surface area contributed by atoms with Crippen molar-refractivity contribution in [3.8, 4) is 0 Å². The van der Waals surface area contributed by atoms with Crippen LogP contribution in [0.2, 0.25) is 0 Å². The van der Waals surface area contributed by atoms with Gasteiger partial charge in [-0.3, -0.25) is 0 Å². The lowest BCUT2D eigenvalue weighted by molar-refractivity contribution is 0.284. The van der Waals surface area contributed by atoms with Gasteiger partial charge < -0.3 is 5.32 Å². The molecule has 16 heavy (non-hydrogen) atoms. The van der Waals surface area contributed by atoms with E-state index in [1.807, 2.05) is 11.3 Å². The van der Waals surface area contributed by atoms with E-state index < -0.39 is 0 Å². The van der Waals surface area contributed by atoms with Crippen molar-refractivity contribution in [2.45, 2.75) is 51.5 Å². The number of hydrogen-bond acceptors (Lipinski definition) is 2. The van der Waals surface area contributed by atoms with E-state index in [2.05, 4.69) is 31.4 Å². The highest BCUT2D eigenvalue weighted by molar-refractivity contribution is 7.12. The van der Waals surface area contributed by atoms with E-state index in [-0.39, 0.29) is 0 Å². The van der Waals surface area contributed by atoms with Crippen LogP contribution in [0.25, 0.3) is 0 Å². The van der Waals surface area contributed by atoms with Gasteiger partial charge in [0.05, 0.1) is 0 Å². The van der Waals surface area contributed by atoms with Crippen molar-refractivity contribution >= 4 is 11.3 Å². The zero-order valence-corrected chi connectivity index (χ0v) is 11.3. The van der Waals surface area contributed by atoms with Gasteiger partial charge in [0.25, 0.3) is 0 Å². The van der Waals surface area contributed by atoms with Crippen LogP contribution in [0.1, 0.15) is 54.8 Å². The molecule has 0 aliphatic heterocycles. The quantitative estimate of drug-likeness (QED) is 0.829. The minimum Gasteiger partial charge on any atom is -0.312 e. The molecular formula is C14H23NS. The van der Waals surface area contributed by atoms with Gasteiger partial charge in [0, 0.05) is 15.8 Å². The van der Waals surface area contributed by atoms with Crippen LogP contribution in [0.15, 0.2) is 12.1 Å². The summed E-state index contributed by atoms with van der Waals surface area (Å²) in [4.78, 5) is 3.07. The fraction of sp³-hybridized carbons (Fsp3) is 0.714. The molecule has 2 rings (SSSR count). The van der Waals surface area contributed by atoms with Crippen LogP contribution in [-0.4, -0.2) is 7.05 Å². The molecule has 1 aromatic heterocycles. The summed E-state index contributed by atoms with van der Waals surface area (Å²) in [5.74, 6) is 0.863. The van der Waals surface area contributed by atoms with E-state index >= 15 is 0 Å². The summed E-state index contributed by atoms with van der Waals surface area (Å²) < 4.78 is 0. The first-order valence-corrected chi connectivity index (χ1v) is 7.42. The van der Waals surface area contributed by atoms with E-state index in [1.54, 1.807) is 4.88 Å². The smallest absolute Gasteiger partial charge is 0.0441 e. The largest absolute Gasteiger partial charge is 0.312 e. The molecule has 1 atom stereocenters. The molecule has 1 heterocycles.